The number of hydrogen-bond donors (Lipinski definition) is 1. The van der Waals surface area contributed by atoms with Crippen molar-refractivity contribution in [1.29, 1.82) is 0 Å². The molecule has 0 saturated carbocycles. The Labute approximate surface area is 143 Å². The third-order valence-corrected chi connectivity index (χ3v) is 5.37. The molecule has 1 aromatic rings. The molecular formula is C14H20N2O3S3. The fraction of sp³-hybridized carbons (Fsp3) is 0.500. The van der Waals surface area contributed by atoms with Gasteiger partial charge in [-0.05, 0) is 29.2 Å². The van der Waals surface area contributed by atoms with Crippen molar-refractivity contribution in [2.45, 2.75) is 17.9 Å². The maximum Gasteiger partial charge on any atom is 0.220 e. The summed E-state index contributed by atoms with van der Waals surface area (Å²) < 4.78 is 5.27. The number of aromatic nitrogens is 1. The number of pyridine rings is 1. The third-order valence-electron chi connectivity index (χ3n) is 2.44. The van der Waals surface area contributed by atoms with E-state index >= 15 is 0 Å². The van der Waals surface area contributed by atoms with E-state index in [1.165, 1.54) is 11.8 Å². The van der Waals surface area contributed by atoms with Gasteiger partial charge in [-0.25, -0.2) is 4.98 Å². The lowest BCUT2D eigenvalue weighted by Gasteiger charge is -2.06. The molecule has 0 aromatic carbocycles. The zero-order valence-electron chi connectivity index (χ0n) is 12.4. The van der Waals surface area contributed by atoms with Crippen molar-refractivity contribution in [3.8, 4) is 0 Å². The van der Waals surface area contributed by atoms with Crippen LogP contribution in [0.5, 0.6) is 0 Å². The smallest absolute Gasteiger partial charge is 0.220 e. The molecule has 0 unspecified atom stereocenters. The summed E-state index contributed by atoms with van der Waals surface area (Å²) in [5.74, 6) is 0.744. The highest BCUT2D eigenvalue weighted by Gasteiger charge is 2.02. The summed E-state index contributed by atoms with van der Waals surface area (Å²) >= 11 is 1.21. The van der Waals surface area contributed by atoms with Crippen LogP contribution in [0.4, 0.5) is 0 Å². The second-order valence-corrected chi connectivity index (χ2v) is 7.41. The molecule has 0 saturated heterocycles. The van der Waals surface area contributed by atoms with Crippen molar-refractivity contribution in [2.24, 2.45) is 0 Å². The van der Waals surface area contributed by atoms with Crippen molar-refractivity contribution in [3.63, 3.8) is 0 Å². The van der Waals surface area contributed by atoms with E-state index in [2.05, 4.69) is 10.3 Å². The Hall–Kier alpha value is -0.700. The lowest BCUT2D eigenvalue weighted by Crippen LogP contribution is -2.27. The van der Waals surface area contributed by atoms with E-state index in [9.17, 15) is 9.59 Å². The zero-order valence-corrected chi connectivity index (χ0v) is 14.9. The fourth-order valence-electron chi connectivity index (χ4n) is 1.34. The van der Waals surface area contributed by atoms with Crippen LogP contribution in [-0.2, 0) is 14.3 Å². The summed E-state index contributed by atoms with van der Waals surface area (Å²) in [6, 6.07) is 5.76. The second-order valence-electron chi connectivity index (χ2n) is 4.11. The van der Waals surface area contributed by atoms with Gasteiger partial charge in [0.2, 0.25) is 5.91 Å². The Morgan fingerprint density at radius 3 is 2.86 bits per heavy atom. The predicted octanol–water partition coefficient (Wildman–Crippen LogP) is 2.62. The van der Waals surface area contributed by atoms with Gasteiger partial charge in [-0.1, -0.05) is 28.6 Å². The molecule has 0 fully saturated rings. The number of carbonyl (C=O) groups excluding carboxylic acids is 2. The topological polar surface area (TPSA) is 68.3 Å². The van der Waals surface area contributed by atoms with Crippen molar-refractivity contribution >= 4 is 44.4 Å². The molecule has 0 aliphatic heterocycles. The molecule has 0 bridgehead atoms. The van der Waals surface area contributed by atoms with Gasteiger partial charge in [0.05, 0.1) is 13.2 Å². The Morgan fingerprint density at radius 1 is 1.27 bits per heavy atom. The molecule has 8 heteroatoms. The number of nitrogens with zero attached hydrogens (tertiary/aromatic N) is 1. The van der Waals surface area contributed by atoms with E-state index in [0.717, 1.165) is 10.8 Å². The van der Waals surface area contributed by atoms with Gasteiger partial charge in [-0.3, -0.25) is 9.59 Å². The van der Waals surface area contributed by atoms with Crippen molar-refractivity contribution in [2.75, 3.05) is 31.8 Å². The van der Waals surface area contributed by atoms with Gasteiger partial charge in [0, 0.05) is 31.3 Å². The lowest BCUT2D eigenvalue weighted by atomic mass is 10.4. The monoisotopic (exact) mass is 360 g/mol. The Morgan fingerprint density at radius 2 is 2.14 bits per heavy atom. The van der Waals surface area contributed by atoms with Gasteiger partial charge in [0.15, 0.2) is 5.12 Å². The molecule has 1 N–H and O–H groups in total. The minimum atomic E-state index is 0.0120. The maximum absolute atomic E-state index is 11.6. The molecule has 0 spiro atoms. The van der Waals surface area contributed by atoms with Crippen molar-refractivity contribution in [1.82, 2.24) is 10.3 Å². The molecule has 0 aliphatic rings. The zero-order chi connectivity index (χ0) is 16.0. The molecule has 1 rings (SSSR count). The molecule has 0 aliphatic carbocycles. The van der Waals surface area contributed by atoms with Gasteiger partial charge < -0.3 is 10.1 Å². The Bertz CT molecular complexity index is 446. The van der Waals surface area contributed by atoms with Gasteiger partial charge in [0.1, 0.15) is 5.03 Å². The molecule has 1 aromatic heterocycles. The Balaban J connectivity index is 1.92. The Kier molecular flexibility index (Phi) is 11.3. The summed E-state index contributed by atoms with van der Waals surface area (Å²) in [5, 5.41) is 3.85. The van der Waals surface area contributed by atoms with Gasteiger partial charge in [0.25, 0.3) is 0 Å². The fourth-order valence-corrected chi connectivity index (χ4v) is 3.50. The van der Waals surface area contributed by atoms with E-state index in [4.69, 9.17) is 4.74 Å². The van der Waals surface area contributed by atoms with Crippen LogP contribution in [0.2, 0.25) is 0 Å². The maximum atomic E-state index is 11.6. The molecule has 0 atom stereocenters. The van der Waals surface area contributed by atoms with Crippen LogP contribution in [-0.4, -0.2) is 47.8 Å². The van der Waals surface area contributed by atoms with Gasteiger partial charge in [-0.15, -0.1) is 0 Å². The van der Waals surface area contributed by atoms with Crippen LogP contribution in [0, 0.1) is 0 Å². The predicted molar refractivity (Wildman–Crippen MR) is 94.1 cm³/mol. The normalized spacial score (nSPS) is 10.4. The van der Waals surface area contributed by atoms with Crippen molar-refractivity contribution < 1.29 is 14.3 Å². The first kappa shape index (κ1) is 19.3. The van der Waals surface area contributed by atoms with Crippen LogP contribution < -0.4 is 5.32 Å². The molecule has 1 amide bonds. The average Bonchev–Trinajstić information content (AvgIpc) is 2.55. The van der Waals surface area contributed by atoms with E-state index in [0.29, 0.717) is 32.6 Å². The first-order valence-electron chi connectivity index (χ1n) is 6.84. The number of ether oxygens (including phenoxy) is 1. The summed E-state index contributed by atoms with van der Waals surface area (Å²) in [6.45, 7) is 1.32. The molecule has 122 valence electrons. The molecule has 22 heavy (non-hydrogen) atoms. The third kappa shape index (κ3) is 10.1. The summed E-state index contributed by atoms with van der Waals surface area (Å²) in [5.41, 5.74) is 0. The SMILES string of the molecule is CSC(=O)CCOCCNC(=O)CCSSc1ccccn1. The first-order valence-corrected chi connectivity index (χ1v) is 10.4. The number of hydrogen-bond acceptors (Lipinski definition) is 7. The van der Waals surface area contributed by atoms with Crippen molar-refractivity contribution in [3.05, 3.63) is 24.4 Å². The number of nitrogens with one attached hydrogen (secondary N) is 1. The summed E-state index contributed by atoms with van der Waals surface area (Å²) in [4.78, 5) is 26.8. The summed E-state index contributed by atoms with van der Waals surface area (Å²) in [6.07, 6.45) is 4.39. The lowest BCUT2D eigenvalue weighted by molar-refractivity contribution is -0.121. The minimum Gasteiger partial charge on any atom is -0.379 e. The quantitative estimate of drug-likeness (QED) is 0.480. The van der Waals surface area contributed by atoms with Gasteiger partial charge >= 0.3 is 0 Å². The van der Waals surface area contributed by atoms with E-state index < -0.39 is 0 Å². The van der Waals surface area contributed by atoms with Crippen LogP contribution in [0.25, 0.3) is 0 Å². The van der Waals surface area contributed by atoms with Crippen LogP contribution in [0.1, 0.15) is 12.8 Å². The number of thioether (sulfide) groups is 1. The van der Waals surface area contributed by atoms with E-state index in [-0.39, 0.29) is 11.0 Å². The van der Waals surface area contributed by atoms with Gasteiger partial charge in [-0.2, -0.15) is 0 Å². The summed E-state index contributed by atoms with van der Waals surface area (Å²) in [7, 11) is 3.18. The second kappa shape index (κ2) is 12.8. The van der Waals surface area contributed by atoms with E-state index in [1.807, 2.05) is 18.2 Å². The number of amides is 1. The highest BCUT2D eigenvalue weighted by atomic mass is 33.1. The number of rotatable bonds is 11. The highest BCUT2D eigenvalue weighted by Crippen LogP contribution is 2.29. The largest absolute Gasteiger partial charge is 0.379 e. The molecule has 5 nitrogen and oxygen atoms in total. The van der Waals surface area contributed by atoms with E-state index in [1.54, 1.807) is 34.0 Å². The van der Waals surface area contributed by atoms with Crippen LogP contribution in [0.15, 0.2) is 29.4 Å². The molecule has 1 heterocycles. The van der Waals surface area contributed by atoms with Crippen LogP contribution in [0.3, 0.4) is 0 Å². The number of carbonyl (C=O) groups is 2. The van der Waals surface area contributed by atoms with Crippen LogP contribution >= 0.6 is 33.3 Å². The average molecular weight is 361 g/mol. The minimum absolute atomic E-state index is 0.0120. The standard InChI is InChI=1S/C14H20N2O3S3/c1-20-14(18)5-9-19-10-8-15-12(17)6-11-21-22-13-4-2-3-7-16-13/h2-4,7H,5-6,8-11H2,1H3,(H,15,17). The highest BCUT2D eigenvalue weighted by molar-refractivity contribution is 8.76. The first-order chi connectivity index (χ1) is 10.7. The molecular weight excluding hydrogens is 340 g/mol. The molecule has 0 radical (unpaired) electrons.